The lowest BCUT2D eigenvalue weighted by Gasteiger charge is -2.34. The highest BCUT2D eigenvalue weighted by molar-refractivity contribution is 6.01. The van der Waals surface area contributed by atoms with E-state index in [9.17, 15) is 0 Å². The summed E-state index contributed by atoms with van der Waals surface area (Å²) in [5.41, 5.74) is 16.3. The highest BCUT2D eigenvalue weighted by Gasteiger charge is 2.54. The summed E-state index contributed by atoms with van der Waals surface area (Å²) in [6.45, 7) is 4.40. The fraction of sp³-hybridized carbons (Fsp3) is 0.0755. The molecule has 1 heterocycles. The van der Waals surface area contributed by atoms with Crippen LogP contribution in [0.15, 0.2) is 205 Å². The van der Waals surface area contributed by atoms with Gasteiger partial charge in [-0.2, -0.15) is 0 Å². The van der Waals surface area contributed by atoms with Gasteiger partial charge in [0, 0.05) is 16.7 Å². The molecule has 1 aromatic heterocycles. The van der Waals surface area contributed by atoms with E-state index in [4.69, 9.17) is 15.0 Å². The average molecular weight is 718 g/mol. The third-order valence-corrected chi connectivity index (χ3v) is 11.5. The third kappa shape index (κ3) is 5.31. The van der Waals surface area contributed by atoms with Gasteiger partial charge >= 0.3 is 0 Å². The zero-order valence-electron chi connectivity index (χ0n) is 31.4. The van der Waals surface area contributed by atoms with Crippen LogP contribution in [0.3, 0.4) is 0 Å². The van der Waals surface area contributed by atoms with E-state index >= 15 is 0 Å². The lowest BCUT2D eigenvalue weighted by molar-refractivity contribution is 0.758. The van der Waals surface area contributed by atoms with Crippen LogP contribution in [0.4, 0.5) is 0 Å². The van der Waals surface area contributed by atoms with Crippen LogP contribution in [0.5, 0.6) is 0 Å². The lowest BCUT2D eigenvalue weighted by Crippen LogP contribution is -2.28. The Labute approximate surface area is 328 Å². The molecule has 266 valence electrons. The van der Waals surface area contributed by atoms with Gasteiger partial charge in [-0.1, -0.05) is 195 Å². The van der Waals surface area contributed by atoms with Gasteiger partial charge in [-0.15, -0.1) is 0 Å². The van der Waals surface area contributed by atoms with Crippen LogP contribution in [-0.4, -0.2) is 15.0 Å². The van der Waals surface area contributed by atoms with Crippen molar-refractivity contribution >= 4 is 11.1 Å². The summed E-state index contributed by atoms with van der Waals surface area (Å²) in [6.07, 6.45) is 13.5. The molecular weight excluding hydrogens is 679 g/mol. The van der Waals surface area contributed by atoms with Gasteiger partial charge in [0.15, 0.2) is 17.5 Å². The van der Waals surface area contributed by atoms with Gasteiger partial charge in [-0.3, -0.25) is 0 Å². The maximum atomic E-state index is 5.22. The van der Waals surface area contributed by atoms with Gasteiger partial charge in [-0.25, -0.2) is 15.0 Å². The number of benzene rings is 6. The lowest BCUT2D eigenvalue weighted by atomic mass is 9.67. The van der Waals surface area contributed by atoms with E-state index in [1.807, 2.05) is 24.3 Å². The fourth-order valence-electron chi connectivity index (χ4n) is 8.98. The van der Waals surface area contributed by atoms with Crippen LogP contribution < -0.4 is 0 Å². The molecule has 1 unspecified atom stereocenters. The molecule has 0 radical (unpaired) electrons. The second-order valence-corrected chi connectivity index (χ2v) is 14.7. The predicted molar refractivity (Wildman–Crippen MR) is 230 cm³/mol. The van der Waals surface area contributed by atoms with Gasteiger partial charge in [0.25, 0.3) is 0 Å². The van der Waals surface area contributed by atoms with Crippen molar-refractivity contribution < 1.29 is 0 Å². The summed E-state index contributed by atoms with van der Waals surface area (Å²) >= 11 is 0. The Morgan fingerprint density at radius 3 is 1.57 bits per heavy atom. The molecule has 1 spiro atoms. The summed E-state index contributed by atoms with van der Waals surface area (Å²) in [7, 11) is 0. The van der Waals surface area contributed by atoms with Gasteiger partial charge in [-0.05, 0) is 80.1 Å². The molecule has 6 aromatic carbocycles. The molecule has 3 aliphatic rings. The molecule has 7 aromatic rings. The van der Waals surface area contributed by atoms with Gasteiger partial charge in [0.05, 0.1) is 5.41 Å². The van der Waals surface area contributed by atoms with Gasteiger partial charge in [0.2, 0.25) is 0 Å². The predicted octanol–water partition coefficient (Wildman–Crippen LogP) is 12.7. The summed E-state index contributed by atoms with van der Waals surface area (Å²) in [5.74, 6) is 2.08. The molecule has 3 heteroatoms. The smallest absolute Gasteiger partial charge is 0.164 e. The topological polar surface area (TPSA) is 38.7 Å². The van der Waals surface area contributed by atoms with E-state index in [1.165, 1.54) is 55.7 Å². The second kappa shape index (κ2) is 13.7. The minimum atomic E-state index is -0.493. The molecule has 0 saturated heterocycles. The first-order valence-corrected chi connectivity index (χ1v) is 19.4. The van der Waals surface area contributed by atoms with Crippen LogP contribution in [-0.2, 0) is 5.41 Å². The minimum Gasteiger partial charge on any atom is -0.208 e. The van der Waals surface area contributed by atoms with E-state index < -0.39 is 5.41 Å². The number of aromatic nitrogens is 3. The van der Waals surface area contributed by atoms with E-state index in [1.54, 1.807) is 0 Å². The number of fused-ring (bicyclic) bond motifs is 7. The van der Waals surface area contributed by atoms with Crippen molar-refractivity contribution in [3.8, 4) is 45.0 Å². The van der Waals surface area contributed by atoms with E-state index in [0.717, 1.165) is 22.3 Å². The molecule has 0 amide bonds. The van der Waals surface area contributed by atoms with Crippen molar-refractivity contribution in [3.05, 3.63) is 233 Å². The molecule has 3 aliphatic carbocycles. The molecule has 0 saturated carbocycles. The number of nitrogens with zero attached hydrogens (tertiary/aromatic N) is 3. The Balaban J connectivity index is 1.21. The molecule has 56 heavy (non-hydrogen) atoms. The highest BCUT2D eigenvalue weighted by Crippen LogP contribution is 2.65. The largest absolute Gasteiger partial charge is 0.208 e. The Kier molecular flexibility index (Phi) is 8.22. The molecule has 1 atom stereocenters. The molecule has 0 bridgehead atoms. The van der Waals surface area contributed by atoms with E-state index in [-0.39, 0.29) is 5.92 Å². The highest BCUT2D eigenvalue weighted by atomic mass is 15.0. The molecule has 0 aliphatic heterocycles. The zero-order chi connectivity index (χ0) is 37.6. The van der Waals surface area contributed by atoms with Crippen LogP contribution >= 0.6 is 0 Å². The Morgan fingerprint density at radius 2 is 0.964 bits per heavy atom. The van der Waals surface area contributed by atoms with Crippen LogP contribution in [0, 0.1) is 5.92 Å². The quantitative estimate of drug-likeness (QED) is 0.178. The maximum Gasteiger partial charge on any atom is 0.164 e. The average Bonchev–Trinajstić information content (AvgIpc) is 3.73. The van der Waals surface area contributed by atoms with Crippen LogP contribution in [0.2, 0.25) is 0 Å². The maximum absolute atomic E-state index is 5.22. The first-order valence-electron chi connectivity index (χ1n) is 19.4. The van der Waals surface area contributed by atoms with Crippen molar-refractivity contribution in [2.24, 2.45) is 5.92 Å². The standard InChI is InChI=1S/C53H39N3/c1-3-4-21-44-43-24-13-16-27-48(43)53(46-25-14-11-22-41(46)42-23-12-15-26-47(42)53)49(44)45-34-40(29-28-35(45)2)52-55-50(38-19-9-6-10-20-38)54-51(56-52)39-32-30-37(31-33-39)36-17-7-5-8-18-36/h3-35H,1-2H3/b4-3-,44-21-,49-45-. The molecular formula is C53H39N3. The molecule has 10 rings (SSSR count). The Bertz CT molecular complexity index is 2760. The van der Waals surface area contributed by atoms with Gasteiger partial charge < -0.3 is 0 Å². The minimum absolute atomic E-state index is 0.134. The first kappa shape index (κ1) is 33.6. The first-order chi connectivity index (χ1) is 27.6. The number of rotatable bonds is 5. The molecule has 3 nitrogen and oxygen atoms in total. The zero-order valence-corrected chi connectivity index (χ0v) is 31.4. The number of hydrogen-bond acceptors (Lipinski definition) is 3. The van der Waals surface area contributed by atoms with Gasteiger partial charge in [0.1, 0.15) is 0 Å². The summed E-state index contributed by atoms with van der Waals surface area (Å²) < 4.78 is 0. The Morgan fingerprint density at radius 1 is 0.500 bits per heavy atom. The van der Waals surface area contributed by atoms with Crippen molar-refractivity contribution in [2.75, 3.05) is 0 Å². The SMILES string of the molecule is C\C=C/C=C1\C(=C2/C=C(c3nc(-c4ccccc4)nc(-c4ccc(-c5ccccc5)cc4)n3)C=CC2C)C2(c3ccccc31)c1ccccc1-c1ccccc12. The van der Waals surface area contributed by atoms with E-state index in [2.05, 4.69) is 184 Å². The van der Waals surface area contributed by atoms with Crippen molar-refractivity contribution in [1.82, 2.24) is 15.0 Å². The van der Waals surface area contributed by atoms with Crippen molar-refractivity contribution in [3.63, 3.8) is 0 Å². The normalized spacial score (nSPS) is 18.3. The number of allylic oxidation sites excluding steroid dienone is 10. The summed E-state index contributed by atoms with van der Waals surface area (Å²) in [6, 6.07) is 56.2. The van der Waals surface area contributed by atoms with Crippen molar-refractivity contribution in [2.45, 2.75) is 19.3 Å². The monoisotopic (exact) mass is 717 g/mol. The third-order valence-electron chi connectivity index (χ3n) is 11.5. The molecule has 0 fully saturated rings. The van der Waals surface area contributed by atoms with E-state index in [0.29, 0.717) is 17.5 Å². The second-order valence-electron chi connectivity index (χ2n) is 14.7. The van der Waals surface area contributed by atoms with Crippen LogP contribution in [0.25, 0.3) is 56.2 Å². The van der Waals surface area contributed by atoms with Crippen LogP contribution in [0.1, 0.15) is 41.9 Å². The number of hydrogen-bond donors (Lipinski definition) is 0. The van der Waals surface area contributed by atoms with Crippen molar-refractivity contribution in [1.29, 1.82) is 0 Å². The Hall–Kier alpha value is -6.97. The molecule has 0 N–H and O–H groups in total. The summed E-state index contributed by atoms with van der Waals surface area (Å²) in [4.78, 5) is 15.5. The summed E-state index contributed by atoms with van der Waals surface area (Å²) in [5, 5.41) is 0. The fourth-order valence-corrected chi connectivity index (χ4v) is 8.98.